The predicted octanol–water partition coefficient (Wildman–Crippen LogP) is 14.7. The molecule has 2 heterocycles. The number of carbonyl (C=O) groups excluding carboxylic acids is 4. The summed E-state index contributed by atoms with van der Waals surface area (Å²) in [7, 11) is 4.21. The maximum absolute atomic E-state index is 13.6. The Hall–Kier alpha value is -2.62. The third-order valence-corrected chi connectivity index (χ3v) is 15.7. The highest BCUT2D eigenvalue weighted by Gasteiger charge is 2.48. The molecule has 74 heavy (non-hydrogen) atoms. The van der Waals surface area contributed by atoms with Gasteiger partial charge in [-0.05, 0) is 197 Å². The van der Waals surface area contributed by atoms with Gasteiger partial charge in [-0.3, -0.25) is 19.4 Å². The number of amides is 2. The van der Waals surface area contributed by atoms with Crippen LogP contribution in [0, 0.1) is 0 Å². The first kappa shape index (κ1) is 65.7. The van der Waals surface area contributed by atoms with Gasteiger partial charge in [-0.1, -0.05) is 92.2 Å². The minimum Gasteiger partial charge on any atom is -0.460 e. The Morgan fingerprint density at radius 3 is 1.34 bits per heavy atom. The minimum atomic E-state index is -0.706. The molecule has 16 heteroatoms. The highest BCUT2D eigenvalue weighted by molar-refractivity contribution is 9.09. The molecule has 0 unspecified atom stereocenters. The van der Waals surface area contributed by atoms with Crippen molar-refractivity contribution in [2.45, 2.75) is 220 Å². The lowest BCUT2D eigenvalue weighted by atomic mass is 9.76. The van der Waals surface area contributed by atoms with Gasteiger partial charge in [0.15, 0.2) is 0 Å². The number of alkyl halides is 2. The van der Waals surface area contributed by atoms with E-state index in [1.165, 1.54) is 12.8 Å². The van der Waals surface area contributed by atoms with Crippen LogP contribution in [0.5, 0.6) is 0 Å². The van der Waals surface area contributed by atoms with E-state index in [2.05, 4.69) is 75.7 Å². The van der Waals surface area contributed by atoms with E-state index in [1.807, 2.05) is 118 Å². The van der Waals surface area contributed by atoms with E-state index in [0.29, 0.717) is 49.3 Å². The molecule has 12 nitrogen and oxygen atoms in total. The van der Waals surface area contributed by atoms with Gasteiger partial charge in [-0.25, -0.2) is 9.59 Å². The van der Waals surface area contributed by atoms with Crippen LogP contribution >= 0.6 is 55.1 Å². The molecule has 1 aliphatic carbocycles. The summed E-state index contributed by atoms with van der Waals surface area (Å²) in [5.74, 6) is -0.451. The monoisotopic (exact) mass is 1200 g/mol. The zero-order valence-electron chi connectivity index (χ0n) is 48.0. The van der Waals surface area contributed by atoms with E-state index < -0.39 is 27.8 Å². The van der Waals surface area contributed by atoms with Crippen molar-refractivity contribution in [2.24, 2.45) is 0 Å². The standard InChI is InChI=1S/C29H45ClN2O4.C25H39ClN2O4.C4H8Br2/c1-26(2,3)35-24(33)29(14-9-10-15-29)23-21(12-11-13-22(23)30)20-31(8)28(7)16-18-32(19-17-28)25(34)36-27(4,5)6;1-23(2,3)31-21(29)16-19-18(10-9-11-20(19)26)17-27(8)25(7)12-14-28(15-13-25)22(30)32-24(4,5)6;5-3-1-2-4-6/h11-13H,9-10,14-20H2,1-8H3;9-11H,12-17H2,1-8H3;1-4H2. The summed E-state index contributed by atoms with van der Waals surface area (Å²) in [4.78, 5) is 59.2. The summed E-state index contributed by atoms with van der Waals surface area (Å²) < 4.78 is 22.5. The van der Waals surface area contributed by atoms with Crippen molar-refractivity contribution in [1.29, 1.82) is 0 Å². The minimum absolute atomic E-state index is 0.0793. The summed E-state index contributed by atoms with van der Waals surface area (Å²) in [5.41, 5.74) is 0.874. The second-order valence-electron chi connectivity index (χ2n) is 24.9. The van der Waals surface area contributed by atoms with Crippen molar-refractivity contribution < 1.29 is 38.1 Å². The van der Waals surface area contributed by atoms with Crippen molar-refractivity contribution in [1.82, 2.24) is 19.6 Å². The van der Waals surface area contributed by atoms with E-state index >= 15 is 0 Å². The zero-order chi connectivity index (χ0) is 56.1. The number of likely N-dealkylation sites (tertiary alicyclic amines) is 2. The van der Waals surface area contributed by atoms with Crippen LogP contribution < -0.4 is 0 Å². The van der Waals surface area contributed by atoms with Crippen LogP contribution in [-0.4, -0.2) is 128 Å². The Balaban J connectivity index is 0.000000353. The summed E-state index contributed by atoms with van der Waals surface area (Å²) in [6.45, 7) is 31.0. The Morgan fingerprint density at radius 2 is 0.946 bits per heavy atom. The Kier molecular flexibility index (Phi) is 24.7. The number of piperidine rings is 2. The van der Waals surface area contributed by atoms with Gasteiger partial charge in [0.2, 0.25) is 0 Å². The molecule has 0 radical (unpaired) electrons. The first-order valence-electron chi connectivity index (χ1n) is 26.6. The highest BCUT2D eigenvalue weighted by atomic mass is 79.9. The van der Waals surface area contributed by atoms with Gasteiger partial charge in [0, 0.05) is 71.1 Å². The molecule has 2 aliphatic heterocycles. The van der Waals surface area contributed by atoms with Crippen molar-refractivity contribution in [3.8, 4) is 0 Å². The second kappa shape index (κ2) is 27.8. The van der Waals surface area contributed by atoms with Crippen LogP contribution in [0.2, 0.25) is 10.0 Å². The number of carbonyl (C=O) groups is 4. The number of hydrogen-bond acceptors (Lipinski definition) is 10. The molecule has 3 aliphatic rings. The van der Waals surface area contributed by atoms with Crippen LogP contribution in [0.3, 0.4) is 0 Å². The average molecular weight is 1200 g/mol. The van der Waals surface area contributed by atoms with Crippen LogP contribution in [-0.2, 0) is 53.5 Å². The van der Waals surface area contributed by atoms with Gasteiger partial charge >= 0.3 is 24.1 Å². The van der Waals surface area contributed by atoms with Crippen molar-refractivity contribution >= 4 is 79.2 Å². The van der Waals surface area contributed by atoms with E-state index in [0.717, 1.165) is 84.3 Å². The maximum atomic E-state index is 13.6. The smallest absolute Gasteiger partial charge is 0.410 e. The summed E-state index contributed by atoms with van der Waals surface area (Å²) in [6, 6.07) is 11.7. The van der Waals surface area contributed by atoms with Gasteiger partial charge in [-0.2, -0.15) is 0 Å². The number of hydrogen-bond donors (Lipinski definition) is 0. The summed E-state index contributed by atoms with van der Waals surface area (Å²) in [6.07, 6.45) is 9.05. The number of benzene rings is 2. The normalized spacial score (nSPS) is 17.6. The molecule has 0 atom stereocenters. The molecule has 0 spiro atoms. The quantitative estimate of drug-likeness (QED) is 0.0830. The second-order valence-corrected chi connectivity index (χ2v) is 27.3. The van der Waals surface area contributed by atoms with Crippen LogP contribution in [0.15, 0.2) is 36.4 Å². The van der Waals surface area contributed by atoms with Gasteiger partial charge in [0.25, 0.3) is 0 Å². The van der Waals surface area contributed by atoms with Gasteiger partial charge in [0.05, 0.1) is 11.8 Å². The van der Waals surface area contributed by atoms with Gasteiger partial charge in [-0.15, -0.1) is 0 Å². The third kappa shape index (κ3) is 20.6. The summed E-state index contributed by atoms with van der Waals surface area (Å²) in [5, 5.41) is 3.49. The number of rotatable bonds is 13. The Bertz CT molecular complexity index is 2140. The summed E-state index contributed by atoms with van der Waals surface area (Å²) >= 11 is 20.0. The molecule has 0 bridgehead atoms. The molecule has 5 rings (SSSR count). The molecule has 2 aromatic carbocycles. The van der Waals surface area contributed by atoms with Crippen LogP contribution in [0.1, 0.15) is 183 Å². The zero-order valence-corrected chi connectivity index (χ0v) is 52.6. The van der Waals surface area contributed by atoms with E-state index in [1.54, 1.807) is 4.90 Å². The number of halogens is 4. The Morgan fingerprint density at radius 1 is 0.568 bits per heavy atom. The first-order valence-corrected chi connectivity index (χ1v) is 29.6. The van der Waals surface area contributed by atoms with Crippen molar-refractivity contribution in [3.63, 3.8) is 0 Å². The molecule has 2 saturated heterocycles. The molecule has 2 amide bonds. The highest BCUT2D eigenvalue weighted by Crippen LogP contribution is 2.48. The maximum Gasteiger partial charge on any atom is 0.410 e. The van der Waals surface area contributed by atoms with Gasteiger partial charge in [0.1, 0.15) is 22.4 Å². The molecular weight excluding hydrogens is 1110 g/mol. The van der Waals surface area contributed by atoms with E-state index in [4.69, 9.17) is 42.1 Å². The fourth-order valence-electron chi connectivity index (χ4n) is 9.46. The lowest BCUT2D eigenvalue weighted by Gasteiger charge is -2.45. The van der Waals surface area contributed by atoms with Crippen molar-refractivity contribution in [2.75, 3.05) is 50.9 Å². The van der Waals surface area contributed by atoms with Crippen LogP contribution in [0.25, 0.3) is 0 Å². The molecule has 0 N–H and O–H groups in total. The predicted molar refractivity (Wildman–Crippen MR) is 309 cm³/mol. The fraction of sp³-hybridized carbons (Fsp3) is 0.724. The molecule has 1 saturated carbocycles. The third-order valence-electron chi connectivity index (χ3n) is 13.9. The largest absolute Gasteiger partial charge is 0.460 e. The number of unbranched alkanes of at least 4 members (excludes halogenated alkanes) is 1. The average Bonchev–Trinajstić information content (AvgIpc) is 3.76. The lowest BCUT2D eigenvalue weighted by Crippen LogP contribution is -2.53. The molecule has 2 aromatic rings. The SMILES string of the molecule is BrCCCCBr.CN(Cc1cccc(Cl)c1C1(C(=O)OC(C)(C)C)CCCC1)C1(C)CCN(C(=O)OC(C)(C)C)CC1.CN(Cc1cccc(Cl)c1CC(=O)OC(C)(C)C)C1(C)CCN(C(=O)OC(C)(C)C)CC1. The number of ether oxygens (including phenoxy) is 4. The topological polar surface area (TPSA) is 118 Å². The molecule has 0 aromatic heterocycles. The number of nitrogens with zero attached hydrogens (tertiary/aromatic N) is 4. The number of esters is 2. The van der Waals surface area contributed by atoms with Crippen molar-refractivity contribution in [3.05, 3.63) is 68.7 Å². The molecule has 3 fully saturated rings. The van der Waals surface area contributed by atoms with Gasteiger partial charge < -0.3 is 28.7 Å². The molecule has 420 valence electrons. The van der Waals surface area contributed by atoms with E-state index in [-0.39, 0.29) is 41.6 Å². The molecular formula is C58H92Br2Cl2N4O8. The lowest BCUT2D eigenvalue weighted by molar-refractivity contribution is -0.162. The fourth-order valence-corrected chi connectivity index (χ4v) is 10.9. The first-order chi connectivity index (χ1) is 34.1. The Labute approximate surface area is 473 Å². The van der Waals surface area contributed by atoms with Crippen LogP contribution in [0.4, 0.5) is 9.59 Å². The van der Waals surface area contributed by atoms with E-state index in [9.17, 15) is 19.2 Å².